The molecule has 1 rings (SSSR count). The maximum Gasteiger partial charge on any atom is 0.328 e. The Morgan fingerprint density at radius 3 is 3.00 bits per heavy atom. The molecule has 0 aromatic heterocycles. The van der Waals surface area contributed by atoms with Crippen molar-refractivity contribution in [2.45, 2.75) is 0 Å². The number of halogens is 1. The molecule has 0 unspecified atom stereocenters. The highest BCUT2D eigenvalue weighted by atomic mass is 79.9. The molecule has 0 radical (unpaired) electrons. The molecule has 0 saturated heterocycles. The number of benzene rings is 1. The van der Waals surface area contributed by atoms with Gasteiger partial charge in [-0.3, -0.25) is 0 Å². The Kier molecular flexibility index (Phi) is 4.55. The molecule has 0 amide bonds. The number of hydrogen-bond donors (Lipinski definition) is 1. The van der Waals surface area contributed by atoms with E-state index < -0.39 is 5.97 Å². The van der Waals surface area contributed by atoms with Crippen LogP contribution in [-0.2, 0) is 4.79 Å². The fourth-order valence-corrected chi connectivity index (χ4v) is 1.57. The number of carboxylic acids is 1. The number of aliphatic carboxylic acids is 1. The molecule has 0 aliphatic heterocycles. The van der Waals surface area contributed by atoms with Gasteiger partial charge < -0.3 is 9.84 Å². The molecule has 5 heteroatoms. The first-order chi connectivity index (χ1) is 7.65. The summed E-state index contributed by atoms with van der Waals surface area (Å²) in [5, 5.41) is 16.9. The summed E-state index contributed by atoms with van der Waals surface area (Å²) in [6, 6.07) is 7.07. The van der Waals surface area contributed by atoms with E-state index >= 15 is 0 Å². The van der Waals surface area contributed by atoms with E-state index in [-0.39, 0.29) is 6.61 Å². The van der Waals surface area contributed by atoms with Crippen LogP contribution in [0.2, 0.25) is 0 Å². The summed E-state index contributed by atoms with van der Waals surface area (Å²) in [6.07, 6.45) is 2.43. The molecule has 16 heavy (non-hydrogen) atoms. The summed E-state index contributed by atoms with van der Waals surface area (Å²) in [7, 11) is 0. The van der Waals surface area contributed by atoms with Gasteiger partial charge in [0.25, 0.3) is 0 Å². The third-order valence-corrected chi connectivity index (χ3v) is 2.31. The van der Waals surface area contributed by atoms with Crippen molar-refractivity contribution in [3.05, 3.63) is 34.3 Å². The highest BCUT2D eigenvalue weighted by Crippen LogP contribution is 2.29. The smallest absolute Gasteiger partial charge is 0.328 e. The fraction of sp³-hybridized carbons (Fsp3) is 0.0909. The number of para-hydroxylation sites is 1. The summed E-state index contributed by atoms with van der Waals surface area (Å²) in [5.74, 6) is -0.576. The summed E-state index contributed by atoms with van der Waals surface area (Å²) in [5.41, 5.74) is 0.604. The van der Waals surface area contributed by atoms with E-state index in [0.717, 1.165) is 6.08 Å². The van der Waals surface area contributed by atoms with Gasteiger partial charge in [0.2, 0.25) is 0 Å². The van der Waals surface area contributed by atoms with Gasteiger partial charge in [0.05, 0.1) is 4.47 Å². The molecule has 0 saturated carbocycles. The molecule has 1 aromatic rings. The molecule has 0 atom stereocenters. The minimum absolute atomic E-state index is 0.0868. The van der Waals surface area contributed by atoms with Gasteiger partial charge in [0, 0.05) is 11.6 Å². The Morgan fingerprint density at radius 1 is 1.62 bits per heavy atom. The van der Waals surface area contributed by atoms with Gasteiger partial charge in [-0.1, -0.05) is 12.1 Å². The van der Waals surface area contributed by atoms with Gasteiger partial charge in [0.15, 0.2) is 6.61 Å². The topological polar surface area (TPSA) is 70.3 Å². The van der Waals surface area contributed by atoms with Crippen molar-refractivity contribution in [3.8, 4) is 11.8 Å². The SMILES string of the molecule is N#CCOc1c(Br)cccc1C=CC(=O)O. The average molecular weight is 282 g/mol. The summed E-state index contributed by atoms with van der Waals surface area (Å²) >= 11 is 3.27. The maximum absolute atomic E-state index is 10.4. The van der Waals surface area contributed by atoms with Crippen molar-refractivity contribution < 1.29 is 14.6 Å². The zero-order chi connectivity index (χ0) is 12.0. The van der Waals surface area contributed by atoms with E-state index in [1.807, 2.05) is 6.07 Å². The van der Waals surface area contributed by atoms with Crippen LogP contribution in [0.5, 0.6) is 5.75 Å². The van der Waals surface area contributed by atoms with Gasteiger partial charge >= 0.3 is 5.97 Å². The molecule has 1 aromatic carbocycles. The molecular weight excluding hydrogens is 274 g/mol. The van der Waals surface area contributed by atoms with Crippen molar-refractivity contribution >= 4 is 28.0 Å². The van der Waals surface area contributed by atoms with Crippen LogP contribution >= 0.6 is 15.9 Å². The number of rotatable bonds is 4. The van der Waals surface area contributed by atoms with Crippen LogP contribution in [-0.4, -0.2) is 17.7 Å². The molecular formula is C11H8BrNO3. The number of nitrogens with zero attached hydrogens (tertiary/aromatic N) is 1. The van der Waals surface area contributed by atoms with Crippen LogP contribution in [0.3, 0.4) is 0 Å². The fourth-order valence-electron chi connectivity index (χ4n) is 1.07. The van der Waals surface area contributed by atoms with Crippen LogP contribution in [0.15, 0.2) is 28.7 Å². The zero-order valence-corrected chi connectivity index (χ0v) is 9.77. The number of nitriles is 1. The van der Waals surface area contributed by atoms with Gasteiger partial charge in [-0.05, 0) is 28.1 Å². The first-order valence-electron chi connectivity index (χ1n) is 4.34. The largest absolute Gasteiger partial charge is 0.478 e. The van der Waals surface area contributed by atoms with Gasteiger partial charge in [0.1, 0.15) is 11.8 Å². The van der Waals surface area contributed by atoms with Crippen molar-refractivity contribution in [2.75, 3.05) is 6.61 Å². The summed E-state index contributed by atoms with van der Waals surface area (Å²) in [6.45, 7) is -0.0868. The maximum atomic E-state index is 10.4. The van der Waals surface area contributed by atoms with Crippen molar-refractivity contribution in [1.82, 2.24) is 0 Å². The molecule has 82 valence electrons. The summed E-state index contributed by atoms with van der Waals surface area (Å²) in [4.78, 5) is 10.4. The lowest BCUT2D eigenvalue weighted by atomic mass is 10.2. The second-order valence-corrected chi connectivity index (χ2v) is 3.63. The Hall–Kier alpha value is -1.80. The molecule has 0 heterocycles. The normalized spacial score (nSPS) is 10.0. The second kappa shape index (κ2) is 5.93. The number of hydrogen-bond acceptors (Lipinski definition) is 3. The van der Waals surface area contributed by atoms with E-state index in [4.69, 9.17) is 15.1 Å². The third-order valence-electron chi connectivity index (χ3n) is 1.68. The Bertz CT molecular complexity index is 463. The average Bonchev–Trinajstić information content (AvgIpc) is 2.25. The molecule has 0 spiro atoms. The van der Waals surface area contributed by atoms with E-state index in [2.05, 4.69) is 15.9 Å². The van der Waals surface area contributed by atoms with Gasteiger partial charge in [-0.15, -0.1) is 0 Å². The number of carboxylic acid groups (broad SMARTS) is 1. The second-order valence-electron chi connectivity index (χ2n) is 2.78. The van der Waals surface area contributed by atoms with Crippen LogP contribution in [0.4, 0.5) is 0 Å². The monoisotopic (exact) mass is 281 g/mol. The predicted octanol–water partition coefficient (Wildman–Crippen LogP) is 2.45. The van der Waals surface area contributed by atoms with Gasteiger partial charge in [-0.2, -0.15) is 5.26 Å². The first kappa shape index (κ1) is 12.3. The van der Waals surface area contributed by atoms with Crippen LogP contribution in [0.1, 0.15) is 5.56 Å². The molecule has 0 fully saturated rings. The van der Waals surface area contributed by atoms with E-state index in [0.29, 0.717) is 15.8 Å². The van der Waals surface area contributed by atoms with Crippen LogP contribution in [0, 0.1) is 11.3 Å². The Balaban J connectivity index is 3.03. The zero-order valence-electron chi connectivity index (χ0n) is 8.18. The van der Waals surface area contributed by atoms with E-state index in [1.165, 1.54) is 6.08 Å². The van der Waals surface area contributed by atoms with E-state index in [9.17, 15) is 4.79 Å². The van der Waals surface area contributed by atoms with Crippen LogP contribution < -0.4 is 4.74 Å². The van der Waals surface area contributed by atoms with Crippen molar-refractivity contribution in [2.24, 2.45) is 0 Å². The minimum Gasteiger partial charge on any atom is -0.478 e. The molecule has 1 N–H and O–H groups in total. The lowest BCUT2D eigenvalue weighted by molar-refractivity contribution is -0.131. The number of ether oxygens (including phenoxy) is 1. The lowest BCUT2D eigenvalue weighted by Gasteiger charge is -2.07. The predicted molar refractivity (Wildman–Crippen MR) is 61.9 cm³/mol. The van der Waals surface area contributed by atoms with Crippen molar-refractivity contribution in [3.63, 3.8) is 0 Å². The highest BCUT2D eigenvalue weighted by molar-refractivity contribution is 9.10. The van der Waals surface area contributed by atoms with Crippen molar-refractivity contribution in [1.29, 1.82) is 5.26 Å². The molecule has 0 bridgehead atoms. The quantitative estimate of drug-likeness (QED) is 0.861. The molecule has 0 aliphatic carbocycles. The standard InChI is InChI=1S/C11H8BrNO3/c12-9-3-1-2-8(4-5-10(14)15)11(9)16-7-6-13/h1-5H,7H2,(H,14,15). The van der Waals surface area contributed by atoms with E-state index in [1.54, 1.807) is 18.2 Å². The molecule has 0 aliphatic rings. The summed E-state index contributed by atoms with van der Waals surface area (Å²) < 4.78 is 5.87. The third kappa shape index (κ3) is 3.41. The first-order valence-corrected chi connectivity index (χ1v) is 5.13. The highest BCUT2D eigenvalue weighted by Gasteiger charge is 2.05. The molecule has 4 nitrogen and oxygen atoms in total. The Labute approximate surface area is 101 Å². The Morgan fingerprint density at radius 2 is 2.38 bits per heavy atom. The number of carbonyl (C=O) groups is 1. The minimum atomic E-state index is -1.04. The van der Waals surface area contributed by atoms with Crippen LogP contribution in [0.25, 0.3) is 6.08 Å². The van der Waals surface area contributed by atoms with Gasteiger partial charge in [-0.25, -0.2) is 4.79 Å². The lowest BCUT2D eigenvalue weighted by Crippen LogP contribution is -1.97.